The van der Waals surface area contributed by atoms with Gasteiger partial charge in [-0.05, 0) is 40.3 Å². The van der Waals surface area contributed by atoms with Crippen LogP contribution in [0.1, 0.15) is 84.1 Å². The van der Waals surface area contributed by atoms with Crippen molar-refractivity contribution in [2.75, 3.05) is 5.73 Å². The maximum atomic E-state index is 5.89. The largest absolute Gasteiger partial charge is 0.383 e. The second-order valence-corrected chi connectivity index (χ2v) is 8.74. The van der Waals surface area contributed by atoms with Crippen LogP contribution in [0.3, 0.4) is 0 Å². The van der Waals surface area contributed by atoms with Crippen molar-refractivity contribution in [3.05, 3.63) is 21.3 Å². The number of hydrogen-bond acceptors (Lipinski definition) is 2. The Kier molecular flexibility index (Phi) is 9.78. The smallest absolute Gasteiger partial charge is 0.145 e. The van der Waals surface area contributed by atoms with Crippen LogP contribution in [0.25, 0.3) is 0 Å². The number of nitrogens with zero attached hydrogens (tertiary/aromatic N) is 1. The van der Waals surface area contributed by atoms with Crippen molar-refractivity contribution in [3.8, 4) is 11.8 Å². The molecule has 24 heavy (non-hydrogen) atoms. The summed E-state index contributed by atoms with van der Waals surface area (Å²) in [5.74, 6) is 6.67. The molecule has 2 N–H and O–H groups in total. The lowest BCUT2D eigenvalue weighted by Gasteiger charge is -2.17. The first-order chi connectivity index (χ1) is 11.3. The van der Waals surface area contributed by atoms with Gasteiger partial charge in [-0.25, -0.2) is 4.98 Å². The van der Waals surface area contributed by atoms with Gasteiger partial charge in [0, 0.05) is 6.42 Å². The van der Waals surface area contributed by atoms with E-state index in [1.54, 1.807) is 0 Å². The average molecular weight is 414 g/mol. The Hall–Kier alpha value is -0.720. The second kappa shape index (κ2) is 11.0. The molecule has 1 rings (SSSR count). The first-order valence-electron chi connectivity index (χ1n) is 8.90. The van der Waals surface area contributed by atoms with Crippen LogP contribution < -0.4 is 5.73 Å². The molecule has 0 bridgehead atoms. The molecule has 1 aromatic heterocycles. The van der Waals surface area contributed by atoms with Gasteiger partial charge in [0.15, 0.2) is 0 Å². The number of unbranched alkanes of at least 4 members (excludes halogenated alkanes) is 7. The molecular weight excluding hydrogens is 384 g/mol. The first-order valence-corrected chi connectivity index (χ1v) is 10.1. The minimum atomic E-state index is 0.376. The molecule has 0 saturated carbocycles. The molecule has 0 spiro atoms. The summed E-state index contributed by atoms with van der Waals surface area (Å²) >= 11 is 9.23. The minimum Gasteiger partial charge on any atom is -0.383 e. The third-order valence-electron chi connectivity index (χ3n) is 3.91. The van der Waals surface area contributed by atoms with Gasteiger partial charge in [-0.1, -0.05) is 82.7 Å². The van der Waals surface area contributed by atoms with Gasteiger partial charge in [0.25, 0.3) is 0 Å². The topological polar surface area (TPSA) is 38.9 Å². The third kappa shape index (κ3) is 9.55. The molecule has 0 radical (unpaired) electrons. The third-order valence-corrected chi connectivity index (χ3v) is 5.04. The van der Waals surface area contributed by atoms with E-state index in [4.69, 9.17) is 17.3 Å². The zero-order chi connectivity index (χ0) is 18.0. The highest BCUT2D eigenvalue weighted by atomic mass is 79.9. The van der Waals surface area contributed by atoms with Crippen LogP contribution in [0, 0.1) is 17.3 Å². The molecule has 0 atom stereocenters. The van der Waals surface area contributed by atoms with Crippen LogP contribution in [0.15, 0.2) is 10.5 Å². The van der Waals surface area contributed by atoms with E-state index in [0.717, 1.165) is 22.9 Å². The highest BCUT2D eigenvalue weighted by Crippen LogP contribution is 2.24. The van der Waals surface area contributed by atoms with Crippen LogP contribution in [-0.4, -0.2) is 4.98 Å². The summed E-state index contributed by atoms with van der Waals surface area (Å²) in [4.78, 5) is 4.05. The quantitative estimate of drug-likeness (QED) is 0.283. The Labute approximate surface area is 161 Å². The molecule has 1 aromatic rings. The Bertz CT molecular complexity index is 567. The summed E-state index contributed by atoms with van der Waals surface area (Å²) in [6.45, 7) is 6.96. The van der Waals surface area contributed by atoms with Gasteiger partial charge in [-0.2, -0.15) is 0 Å². The number of aromatic nitrogens is 1. The number of pyridine rings is 1. The number of halogens is 2. The molecule has 134 valence electrons. The summed E-state index contributed by atoms with van der Waals surface area (Å²) in [7, 11) is 0. The van der Waals surface area contributed by atoms with E-state index >= 15 is 0 Å². The van der Waals surface area contributed by atoms with Crippen LogP contribution in [0.4, 0.5) is 5.82 Å². The predicted octanol–water partition coefficient (Wildman–Crippen LogP) is 6.99. The number of anilines is 1. The molecule has 0 aliphatic rings. The number of nitrogens with two attached hydrogens (primary N) is 1. The lowest BCUT2D eigenvalue weighted by molar-refractivity contribution is 0.356. The van der Waals surface area contributed by atoms with E-state index in [9.17, 15) is 0 Å². The first kappa shape index (κ1) is 21.3. The van der Waals surface area contributed by atoms with Gasteiger partial charge in [0.05, 0.1) is 10.0 Å². The number of nitrogen functional groups attached to an aromatic ring is 1. The summed E-state index contributed by atoms with van der Waals surface area (Å²) in [5, 5.41) is 0.376. The van der Waals surface area contributed by atoms with Crippen LogP contribution in [0.5, 0.6) is 0 Å². The highest BCUT2D eigenvalue weighted by Gasteiger charge is 2.08. The molecule has 0 aliphatic heterocycles. The number of hydrogen-bond donors (Lipinski definition) is 1. The summed E-state index contributed by atoms with van der Waals surface area (Å²) < 4.78 is 0.731. The van der Waals surface area contributed by atoms with Crippen molar-refractivity contribution in [2.24, 2.45) is 5.41 Å². The highest BCUT2D eigenvalue weighted by molar-refractivity contribution is 9.10. The zero-order valence-corrected chi connectivity index (χ0v) is 17.6. The standard InChI is InChI=1S/C20H30BrClN2/c1-20(2,3)14-12-10-8-6-4-5-7-9-11-13-16-15-17(21)18(22)24-19(16)23/h15H,4-10,12,14H2,1-3H3,(H2,23,24). The van der Waals surface area contributed by atoms with Crippen molar-refractivity contribution in [1.29, 1.82) is 0 Å². The lowest BCUT2D eigenvalue weighted by Crippen LogP contribution is -2.03. The molecule has 2 nitrogen and oxygen atoms in total. The van der Waals surface area contributed by atoms with Gasteiger partial charge in [-0.15, -0.1) is 0 Å². The maximum Gasteiger partial charge on any atom is 0.145 e. The van der Waals surface area contributed by atoms with Crippen molar-refractivity contribution in [1.82, 2.24) is 4.98 Å². The maximum absolute atomic E-state index is 5.89. The van der Waals surface area contributed by atoms with Gasteiger partial charge < -0.3 is 5.73 Å². The van der Waals surface area contributed by atoms with Gasteiger partial charge in [-0.3, -0.25) is 0 Å². The number of rotatable bonds is 8. The van der Waals surface area contributed by atoms with E-state index in [1.807, 2.05) is 6.07 Å². The second-order valence-electron chi connectivity index (χ2n) is 7.53. The van der Waals surface area contributed by atoms with Gasteiger partial charge >= 0.3 is 0 Å². The molecule has 0 aliphatic carbocycles. The SMILES string of the molecule is CC(C)(C)CCCCCCCCCC#Cc1cc(Br)c(Cl)nc1N. The van der Waals surface area contributed by atoms with Crippen molar-refractivity contribution in [3.63, 3.8) is 0 Å². The fraction of sp³-hybridized carbons (Fsp3) is 0.650. The van der Waals surface area contributed by atoms with Crippen molar-refractivity contribution < 1.29 is 0 Å². The van der Waals surface area contributed by atoms with E-state index in [1.165, 1.54) is 44.9 Å². The Morgan fingerprint density at radius 1 is 1.08 bits per heavy atom. The van der Waals surface area contributed by atoms with E-state index in [2.05, 4.69) is 53.5 Å². The molecule has 1 heterocycles. The van der Waals surface area contributed by atoms with Crippen molar-refractivity contribution >= 4 is 33.3 Å². The molecular formula is C20H30BrClN2. The summed E-state index contributed by atoms with van der Waals surface area (Å²) in [6.07, 6.45) is 11.4. The van der Waals surface area contributed by atoms with E-state index < -0.39 is 0 Å². The normalized spacial score (nSPS) is 11.2. The van der Waals surface area contributed by atoms with E-state index in [0.29, 0.717) is 16.4 Å². The molecule has 4 heteroatoms. The summed E-state index contributed by atoms with van der Waals surface area (Å²) in [5.41, 5.74) is 7.04. The molecule has 0 aromatic carbocycles. The average Bonchev–Trinajstić information content (AvgIpc) is 2.48. The fourth-order valence-corrected chi connectivity index (χ4v) is 2.95. The predicted molar refractivity (Wildman–Crippen MR) is 109 cm³/mol. The minimum absolute atomic E-state index is 0.376. The fourth-order valence-electron chi connectivity index (χ4n) is 2.49. The van der Waals surface area contributed by atoms with Crippen molar-refractivity contribution in [2.45, 2.75) is 78.6 Å². The van der Waals surface area contributed by atoms with Crippen LogP contribution in [0.2, 0.25) is 5.15 Å². The molecule has 0 amide bonds. The zero-order valence-electron chi connectivity index (χ0n) is 15.2. The van der Waals surface area contributed by atoms with Gasteiger partial charge in [0.2, 0.25) is 0 Å². The monoisotopic (exact) mass is 412 g/mol. The van der Waals surface area contributed by atoms with Gasteiger partial charge in [0.1, 0.15) is 11.0 Å². The molecule has 0 unspecified atom stereocenters. The van der Waals surface area contributed by atoms with Crippen LogP contribution >= 0.6 is 27.5 Å². The molecule has 0 fully saturated rings. The molecule has 0 saturated heterocycles. The van der Waals surface area contributed by atoms with E-state index in [-0.39, 0.29) is 0 Å². The Morgan fingerprint density at radius 2 is 1.67 bits per heavy atom. The Balaban J connectivity index is 2.10. The lowest BCUT2D eigenvalue weighted by atomic mass is 9.89. The Morgan fingerprint density at radius 3 is 2.29 bits per heavy atom. The van der Waals surface area contributed by atoms with Crippen LogP contribution in [-0.2, 0) is 0 Å². The summed E-state index contributed by atoms with van der Waals surface area (Å²) in [6, 6.07) is 1.83.